The Kier molecular flexibility index (Phi) is 33.0. The highest BCUT2D eigenvalue weighted by atomic mass is 32.2. The summed E-state index contributed by atoms with van der Waals surface area (Å²) in [5, 5.41) is 43.6. The fourth-order valence-corrected chi connectivity index (χ4v) is 15.8. The number of hydrogen-bond acceptors (Lipinski definition) is 27. The van der Waals surface area contributed by atoms with Crippen molar-refractivity contribution in [2.45, 2.75) is 97.4 Å². The fraction of sp³-hybridized carbons (Fsp3) is 0.352. The summed E-state index contributed by atoms with van der Waals surface area (Å²) < 4.78 is 60.7. The summed E-state index contributed by atoms with van der Waals surface area (Å²) >= 11 is 0. The predicted molar refractivity (Wildman–Crippen MR) is 487 cm³/mol. The minimum Gasteiger partial charge on any atom is -0.369 e. The number of piperazine rings is 1. The summed E-state index contributed by atoms with van der Waals surface area (Å²) in [6.45, 7) is 32.3. The van der Waals surface area contributed by atoms with Gasteiger partial charge in [0.25, 0.3) is 17.7 Å². The van der Waals surface area contributed by atoms with E-state index < -0.39 is 20.0 Å². The second-order valence-electron chi connectivity index (χ2n) is 29.4. The van der Waals surface area contributed by atoms with Crippen molar-refractivity contribution in [3.05, 3.63) is 217 Å². The summed E-state index contributed by atoms with van der Waals surface area (Å²) in [5.41, 5.74) is 11.3. The van der Waals surface area contributed by atoms with Gasteiger partial charge < -0.3 is 51.5 Å². The molecule has 37 heteroatoms. The highest BCUT2D eigenvalue weighted by Crippen LogP contribution is 2.27. The third-order valence-electron chi connectivity index (χ3n) is 21.1. The van der Waals surface area contributed by atoms with Crippen molar-refractivity contribution in [2.24, 2.45) is 0 Å². The molecule has 0 spiro atoms. The lowest BCUT2D eigenvalue weighted by Gasteiger charge is -2.36. The number of sulfonamides is 2. The summed E-state index contributed by atoms with van der Waals surface area (Å²) in [7, 11) is -7.26. The first kappa shape index (κ1) is 91.5. The minimum atomic E-state index is -3.64. The number of aromatic nitrogens is 15. The summed E-state index contributed by atoms with van der Waals surface area (Å²) in [6, 6.07) is 53.3. The van der Waals surface area contributed by atoms with Crippen molar-refractivity contribution in [3.63, 3.8) is 0 Å². The van der Waals surface area contributed by atoms with Gasteiger partial charge in [0.05, 0.1) is 45.4 Å². The molecule has 7 heterocycles. The number of benzene rings is 7. The number of nitrogens with zero attached hydrogens (tertiary/aromatic N) is 20. The minimum absolute atomic E-state index is 0.107. The molecule has 1 aliphatic heterocycles. The SMILES string of the molecule is CCCCNS(=O)(=O)c1cccc(-n2nnc3cnc(Nc4ccc(N5CCN(Cc6ccccc6)CC5)cc4)nc32)c1.CCCCNS(=O)(=O)c1cccc(Nc2ncc3nnn(-c4ccc(C(=O)NCCN(CC)CC)cc4)c3n2)c1.CCN(CC)CCNC(=O)c1ccc(Nc2ncc3nnn(-c4ccc(C(=O)NCCN(CC)CC)cc4)c3n2)cc1. The van der Waals surface area contributed by atoms with E-state index in [0.29, 0.717) is 112 Å². The van der Waals surface area contributed by atoms with Gasteiger partial charge in [-0.1, -0.05) is 126 Å². The van der Waals surface area contributed by atoms with Gasteiger partial charge >= 0.3 is 0 Å². The molecule has 0 radical (unpaired) electrons. The van der Waals surface area contributed by atoms with Crippen molar-refractivity contribution in [1.82, 2.24) is 120 Å². The van der Waals surface area contributed by atoms with E-state index in [0.717, 1.165) is 134 Å². The van der Waals surface area contributed by atoms with Crippen LogP contribution in [0.3, 0.4) is 0 Å². The van der Waals surface area contributed by atoms with Crippen molar-refractivity contribution >= 4 is 112 Å². The molecule has 13 aromatic rings. The zero-order valence-electron chi connectivity index (χ0n) is 71.9. The second kappa shape index (κ2) is 45.1. The maximum atomic E-state index is 12.8. The number of hydrogen-bond donors (Lipinski definition) is 8. The molecule has 0 bridgehead atoms. The van der Waals surface area contributed by atoms with Crippen LogP contribution in [0.2, 0.25) is 0 Å². The van der Waals surface area contributed by atoms with Gasteiger partial charge in [0.15, 0.2) is 33.5 Å². The molecule has 125 heavy (non-hydrogen) atoms. The van der Waals surface area contributed by atoms with Gasteiger partial charge in [-0.2, -0.15) is 29.0 Å². The number of nitrogens with one attached hydrogen (secondary N) is 8. The Morgan fingerprint density at radius 2 is 0.744 bits per heavy atom. The molecular formula is C88H110N28O7S2. The lowest BCUT2D eigenvalue weighted by Crippen LogP contribution is -2.45. The van der Waals surface area contributed by atoms with E-state index >= 15 is 0 Å². The monoisotopic (exact) mass is 1730 g/mol. The summed E-state index contributed by atoms with van der Waals surface area (Å²) in [5.74, 6) is 0.656. The third kappa shape index (κ3) is 25.3. The third-order valence-corrected chi connectivity index (χ3v) is 24.0. The van der Waals surface area contributed by atoms with Gasteiger partial charge in [0.2, 0.25) is 37.9 Å². The Morgan fingerprint density at radius 1 is 0.376 bits per heavy atom. The van der Waals surface area contributed by atoms with Gasteiger partial charge in [-0.3, -0.25) is 19.3 Å². The van der Waals surface area contributed by atoms with E-state index in [1.165, 1.54) is 28.1 Å². The standard InChI is InChI=1S/C31H35N9O2S.C30H40N10O2.C27H35N9O3S/c1-2-3-16-33-43(41,42)28-11-7-10-27(21-28)40-30-29(36-37-40)22-32-31(35-30)34-25-12-14-26(15-13-25)39-19-17-38(18-20-39)23-24-8-5-4-6-9-24;1-5-38(6-2)19-17-31-28(41)22-9-13-24(14-10-22)34-30-33-21-26-27(35-30)40(37-36-26)25-15-11-23(12-16-25)29(42)32-18-20-39(7-3)8-4;1-4-7-15-30-40(38,39)23-10-8-9-21(18-23)31-27-29-19-24-25(32-27)36(34-33-24)22-13-11-20(12-14-22)26(37)28-16-17-35(5-2)6-3/h4-15,21-22,33H,2-3,16-20,23H2,1H3,(H,32,34,35);9-16,21H,5-8,17-20H2,1-4H3,(H,31,41)(H,32,42)(H,33,34,35);8-14,18-19,30H,4-7,15-17H2,1-3H3,(H,28,37)(H,29,31,32). The molecule has 6 aromatic heterocycles. The second-order valence-corrected chi connectivity index (χ2v) is 33.0. The normalized spacial score (nSPS) is 12.5. The zero-order chi connectivity index (χ0) is 88.1. The lowest BCUT2D eigenvalue weighted by atomic mass is 10.2. The molecule has 0 aliphatic carbocycles. The molecule has 1 aliphatic rings. The van der Waals surface area contributed by atoms with Crippen LogP contribution in [0.5, 0.6) is 0 Å². The van der Waals surface area contributed by atoms with Crippen LogP contribution >= 0.6 is 0 Å². The smallest absolute Gasteiger partial charge is 0.251 e. The van der Waals surface area contributed by atoms with Crippen LogP contribution in [-0.2, 0) is 26.6 Å². The Hall–Kier alpha value is -12.8. The van der Waals surface area contributed by atoms with E-state index in [4.69, 9.17) is 0 Å². The number of carbonyl (C=O) groups excluding carboxylic acids is 3. The van der Waals surface area contributed by atoms with Crippen molar-refractivity contribution in [3.8, 4) is 17.1 Å². The van der Waals surface area contributed by atoms with E-state index in [2.05, 4.69) is 211 Å². The predicted octanol–water partition coefficient (Wildman–Crippen LogP) is 10.6. The first-order valence-electron chi connectivity index (χ1n) is 42.5. The van der Waals surface area contributed by atoms with E-state index in [-0.39, 0.29) is 33.5 Å². The molecule has 7 aromatic carbocycles. The van der Waals surface area contributed by atoms with Crippen LogP contribution in [-0.4, -0.2) is 247 Å². The molecule has 1 fully saturated rings. The first-order chi connectivity index (χ1) is 60.8. The summed E-state index contributed by atoms with van der Waals surface area (Å²) in [6.07, 6.45) is 8.08. The molecule has 1 saturated heterocycles. The molecule has 35 nitrogen and oxygen atoms in total. The number of anilines is 7. The molecule has 8 N–H and O–H groups in total. The average Bonchev–Trinajstić information content (AvgIpc) is 1.67. The fourth-order valence-electron chi connectivity index (χ4n) is 13.6. The van der Waals surface area contributed by atoms with Crippen LogP contribution in [0.1, 0.15) is 118 Å². The first-order valence-corrected chi connectivity index (χ1v) is 45.4. The van der Waals surface area contributed by atoms with Gasteiger partial charge in [0, 0.05) is 125 Å². The number of carbonyl (C=O) groups is 3. The van der Waals surface area contributed by atoms with Gasteiger partial charge in [-0.05, 0) is 191 Å². The van der Waals surface area contributed by atoms with Crippen molar-refractivity contribution in [1.29, 1.82) is 0 Å². The quantitative estimate of drug-likeness (QED) is 0.0165. The molecule has 14 rings (SSSR count). The topological polar surface area (TPSA) is 401 Å². The molecular weight excluding hydrogens is 1630 g/mol. The Bertz CT molecular complexity index is 5890. The summed E-state index contributed by atoms with van der Waals surface area (Å²) in [4.78, 5) is 76.5. The molecule has 0 saturated carbocycles. The lowest BCUT2D eigenvalue weighted by molar-refractivity contribution is 0.0941. The van der Waals surface area contributed by atoms with Crippen LogP contribution in [0.15, 0.2) is 204 Å². The number of amides is 3. The van der Waals surface area contributed by atoms with Gasteiger partial charge in [-0.25, -0.2) is 41.2 Å². The van der Waals surface area contributed by atoms with Gasteiger partial charge in [0.1, 0.15) is 0 Å². The number of unbranched alkanes of at least 4 members (excludes halogenated alkanes) is 2. The highest BCUT2D eigenvalue weighted by Gasteiger charge is 2.23. The van der Waals surface area contributed by atoms with Gasteiger partial charge in [-0.15, -0.1) is 15.3 Å². The van der Waals surface area contributed by atoms with E-state index in [9.17, 15) is 31.2 Å². The number of fused-ring (bicyclic) bond motifs is 3. The molecule has 3 amide bonds. The average molecular weight is 1740 g/mol. The zero-order valence-corrected chi connectivity index (χ0v) is 73.5. The van der Waals surface area contributed by atoms with Crippen molar-refractivity contribution < 1.29 is 31.2 Å². The maximum absolute atomic E-state index is 12.8. The molecule has 0 unspecified atom stereocenters. The van der Waals surface area contributed by atoms with E-state index in [1.807, 2.05) is 50.2 Å². The van der Waals surface area contributed by atoms with Crippen molar-refractivity contribution in [2.75, 3.05) is 139 Å². The maximum Gasteiger partial charge on any atom is 0.251 e. The van der Waals surface area contributed by atoms with Crippen LogP contribution in [0, 0.1) is 0 Å². The Morgan fingerprint density at radius 3 is 1.15 bits per heavy atom. The number of likely N-dealkylation sites (N-methyl/N-ethyl adjacent to an activating group) is 3. The number of rotatable bonds is 40. The molecule has 0 atom stereocenters. The van der Waals surface area contributed by atoms with Crippen LogP contribution in [0.4, 0.5) is 40.6 Å². The Balaban J connectivity index is 0.000000171. The molecule has 656 valence electrons. The van der Waals surface area contributed by atoms with Crippen LogP contribution < -0.4 is 46.2 Å². The highest BCUT2D eigenvalue weighted by molar-refractivity contribution is 7.89. The largest absolute Gasteiger partial charge is 0.369 e. The van der Waals surface area contributed by atoms with E-state index in [1.54, 1.807) is 113 Å². The van der Waals surface area contributed by atoms with Crippen LogP contribution in [0.25, 0.3) is 50.6 Å². The Labute approximate surface area is 728 Å².